The van der Waals surface area contributed by atoms with Gasteiger partial charge in [-0.25, -0.2) is 4.39 Å². The molecule has 4 heteroatoms. The van der Waals surface area contributed by atoms with Gasteiger partial charge < -0.3 is 5.11 Å². The smallest absolute Gasteiger partial charge is 0.123 e. The lowest BCUT2D eigenvalue weighted by molar-refractivity contribution is 0.0259. The van der Waals surface area contributed by atoms with Gasteiger partial charge in [-0.3, -0.25) is 4.90 Å². The van der Waals surface area contributed by atoms with Crippen molar-refractivity contribution in [1.82, 2.24) is 4.90 Å². The Labute approximate surface area is 106 Å². The Balaban J connectivity index is 2.03. The van der Waals surface area contributed by atoms with Crippen molar-refractivity contribution in [3.63, 3.8) is 0 Å². The molecule has 1 heterocycles. The maximum absolute atomic E-state index is 13.1. The molecule has 1 aliphatic rings. The molecule has 1 aromatic carbocycles. The Morgan fingerprint density at radius 2 is 2.29 bits per heavy atom. The first-order valence-electron chi connectivity index (χ1n) is 5.90. The molecule has 2 unspecified atom stereocenters. The number of aliphatic hydroxyl groups excluding tert-OH is 1. The van der Waals surface area contributed by atoms with Crippen LogP contribution in [-0.4, -0.2) is 29.2 Å². The molecular formula is C13H17ClFNO. The lowest BCUT2D eigenvalue weighted by Gasteiger charge is -2.34. The molecule has 17 heavy (non-hydrogen) atoms. The Kier molecular flexibility index (Phi) is 4.02. The summed E-state index contributed by atoms with van der Waals surface area (Å²) in [6.07, 6.45) is 0.671. The molecule has 1 fully saturated rings. The van der Waals surface area contributed by atoms with Gasteiger partial charge >= 0.3 is 0 Å². The third kappa shape index (κ3) is 3.18. The van der Waals surface area contributed by atoms with Crippen molar-refractivity contribution >= 4 is 11.6 Å². The molecule has 2 atom stereocenters. The molecular weight excluding hydrogens is 241 g/mol. The van der Waals surface area contributed by atoms with E-state index in [0.29, 0.717) is 24.0 Å². The number of aliphatic hydroxyl groups is 1. The first-order valence-corrected chi connectivity index (χ1v) is 6.28. The van der Waals surface area contributed by atoms with Crippen molar-refractivity contribution in [2.75, 3.05) is 13.1 Å². The van der Waals surface area contributed by atoms with Crippen LogP contribution in [0.1, 0.15) is 18.9 Å². The van der Waals surface area contributed by atoms with Gasteiger partial charge in [-0.2, -0.15) is 0 Å². The van der Waals surface area contributed by atoms with Crippen LogP contribution in [-0.2, 0) is 6.54 Å². The SMILES string of the molecule is CC1CCN(Cc2cc(F)ccc2Cl)CC1O. The average molecular weight is 258 g/mol. The number of β-amino-alcohol motifs (C(OH)–C–C–N with tert-alkyl or cyclic N) is 1. The van der Waals surface area contributed by atoms with Crippen LogP contribution in [0.5, 0.6) is 0 Å². The van der Waals surface area contributed by atoms with Crippen molar-refractivity contribution in [2.45, 2.75) is 26.0 Å². The monoisotopic (exact) mass is 257 g/mol. The molecule has 0 aliphatic carbocycles. The number of benzene rings is 1. The predicted molar refractivity (Wildman–Crippen MR) is 66.5 cm³/mol. The van der Waals surface area contributed by atoms with Crippen molar-refractivity contribution in [1.29, 1.82) is 0 Å². The minimum absolute atomic E-state index is 0.268. The fourth-order valence-electron chi connectivity index (χ4n) is 2.16. The molecule has 0 bridgehead atoms. The molecule has 0 radical (unpaired) electrons. The van der Waals surface area contributed by atoms with E-state index in [4.69, 9.17) is 11.6 Å². The van der Waals surface area contributed by atoms with E-state index in [0.717, 1.165) is 18.5 Å². The van der Waals surface area contributed by atoms with Gasteiger partial charge in [-0.1, -0.05) is 18.5 Å². The zero-order chi connectivity index (χ0) is 12.4. The average Bonchev–Trinajstić information content (AvgIpc) is 2.29. The van der Waals surface area contributed by atoms with Gasteiger partial charge in [-0.15, -0.1) is 0 Å². The summed E-state index contributed by atoms with van der Waals surface area (Å²) in [5.41, 5.74) is 0.786. The summed E-state index contributed by atoms with van der Waals surface area (Å²) in [4.78, 5) is 2.12. The van der Waals surface area contributed by atoms with Gasteiger partial charge in [0.2, 0.25) is 0 Å². The van der Waals surface area contributed by atoms with Crippen molar-refractivity contribution in [2.24, 2.45) is 5.92 Å². The van der Waals surface area contributed by atoms with E-state index in [1.807, 2.05) is 0 Å². The summed E-state index contributed by atoms with van der Waals surface area (Å²) in [5.74, 6) is 0.0737. The quantitative estimate of drug-likeness (QED) is 0.881. The lowest BCUT2D eigenvalue weighted by atomic mass is 9.96. The number of rotatable bonds is 2. The molecule has 94 valence electrons. The Hall–Kier alpha value is -0.640. The molecule has 0 amide bonds. The molecule has 1 N–H and O–H groups in total. The number of halogens is 2. The van der Waals surface area contributed by atoms with Gasteiger partial charge in [0.15, 0.2) is 0 Å². The van der Waals surface area contributed by atoms with Crippen molar-refractivity contribution in [3.05, 3.63) is 34.6 Å². The largest absolute Gasteiger partial charge is 0.392 e. The summed E-state index contributed by atoms with van der Waals surface area (Å²) < 4.78 is 13.1. The number of hydrogen-bond donors (Lipinski definition) is 1. The minimum Gasteiger partial charge on any atom is -0.392 e. The molecule has 1 aromatic rings. The Morgan fingerprint density at radius 3 is 3.00 bits per heavy atom. The van der Waals surface area contributed by atoms with Gasteiger partial charge in [0.05, 0.1) is 6.10 Å². The first kappa shape index (κ1) is 12.8. The molecule has 1 saturated heterocycles. The van der Waals surface area contributed by atoms with E-state index in [2.05, 4.69) is 11.8 Å². The van der Waals surface area contributed by atoms with Crippen LogP contribution >= 0.6 is 11.6 Å². The molecule has 2 nitrogen and oxygen atoms in total. The predicted octanol–water partition coefficient (Wildman–Crippen LogP) is 2.68. The lowest BCUT2D eigenvalue weighted by Crippen LogP contribution is -2.42. The highest BCUT2D eigenvalue weighted by molar-refractivity contribution is 6.31. The van der Waals surface area contributed by atoms with Gasteiger partial charge in [0.25, 0.3) is 0 Å². The zero-order valence-electron chi connectivity index (χ0n) is 9.87. The van der Waals surface area contributed by atoms with Gasteiger partial charge in [-0.05, 0) is 42.6 Å². The highest BCUT2D eigenvalue weighted by Crippen LogP contribution is 2.23. The molecule has 2 rings (SSSR count). The molecule has 0 saturated carbocycles. The summed E-state index contributed by atoms with van der Waals surface area (Å²) in [6.45, 7) is 4.20. The van der Waals surface area contributed by atoms with Crippen molar-refractivity contribution < 1.29 is 9.50 Å². The summed E-state index contributed by atoms with van der Waals surface area (Å²) in [6, 6.07) is 4.40. The second-order valence-corrected chi connectivity index (χ2v) is 5.21. The Morgan fingerprint density at radius 1 is 1.53 bits per heavy atom. The van der Waals surface area contributed by atoms with Crippen LogP contribution < -0.4 is 0 Å². The van der Waals surface area contributed by atoms with Gasteiger partial charge in [0.1, 0.15) is 5.82 Å². The summed E-state index contributed by atoms with van der Waals surface area (Å²) in [5, 5.41) is 10.4. The van der Waals surface area contributed by atoms with Crippen LogP contribution in [0.3, 0.4) is 0 Å². The third-order valence-corrected chi connectivity index (χ3v) is 3.77. The maximum atomic E-state index is 13.1. The maximum Gasteiger partial charge on any atom is 0.123 e. The summed E-state index contributed by atoms with van der Waals surface area (Å²) in [7, 11) is 0. The standard InChI is InChI=1S/C13H17ClFNO/c1-9-4-5-16(8-13(9)17)7-10-6-11(15)2-3-12(10)14/h2-3,6,9,13,17H,4-5,7-8H2,1H3. The highest BCUT2D eigenvalue weighted by atomic mass is 35.5. The first-order chi connectivity index (χ1) is 8.06. The number of likely N-dealkylation sites (tertiary alicyclic amines) is 1. The second kappa shape index (κ2) is 5.34. The van der Waals surface area contributed by atoms with E-state index in [-0.39, 0.29) is 11.9 Å². The van der Waals surface area contributed by atoms with E-state index >= 15 is 0 Å². The van der Waals surface area contributed by atoms with E-state index in [1.165, 1.54) is 12.1 Å². The topological polar surface area (TPSA) is 23.5 Å². The van der Waals surface area contributed by atoms with Crippen LogP contribution in [0.4, 0.5) is 4.39 Å². The van der Waals surface area contributed by atoms with Crippen molar-refractivity contribution in [3.8, 4) is 0 Å². The normalized spacial score (nSPS) is 26.1. The minimum atomic E-state index is -0.295. The zero-order valence-corrected chi connectivity index (χ0v) is 10.6. The van der Waals surface area contributed by atoms with E-state index < -0.39 is 0 Å². The van der Waals surface area contributed by atoms with E-state index in [1.54, 1.807) is 6.07 Å². The molecule has 0 aromatic heterocycles. The fraction of sp³-hybridized carbons (Fsp3) is 0.538. The number of nitrogens with zero attached hydrogens (tertiary/aromatic N) is 1. The Bertz CT molecular complexity index is 399. The molecule has 1 aliphatic heterocycles. The van der Waals surface area contributed by atoms with Crippen LogP contribution in [0.25, 0.3) is 0 Å². The summed E-state index contributed by atoms with van der Waals surface area (Å²) >= 11 is 6.02. The number of piperidine rings is 1. The number of hydrogen-bond acceptors (Lipinski definition) is 2. The third-order valence-electron chi connectivity index (χ3n) is 3.40. The van der Waals surface area contributed by atoms with Gasteiger partial charge in [0, 0.05) is 18.1 Å². The second-order valence-electron chi connectivity index (χ2n) is 4.80. The van der Waals surface area contributed by atoms with Crippen LogP contribution in [0.2, 0.25) is 5.02 Å². The van der Waals surface area contributed by atoms with Crippen LogP contribution in [0.15, 0.2) is 18.2 Å². The van der Waals surface area contributed by atoms with E-state index in [9.17, 15) is 9.50 Å². The fourth-order valence-corrected chi connectivity index (χ4v) is 2.34. The highest BCUT2D eigenvalue weighted by Gasteiger charge is 2.24. The van der Waals surface area contributed by atoms with Crippen LogP contribution in [0, 0.1) is 11.7 Å². The molecule has 0 spiro atoms.